The summed E-state index contributed by atoms with van der Waals surface area (Å²) in [6.07, 6.45) is 1.77. The van der Waals surface area contributed by atoms with Crippen molar-refractivity contribution in [2.24, 2.45) is 5.73 Å². The molecule has 1 aromatic rings. The lowest BCUT2D eigenvalue weighted by Crippen LogP contribution is -2.16. The molecule has 0 bridgehead atoms. The minimum absolute atomic E-state index is 0.0656. The van der Waals surface area contributed by atoms with Gasteiger partial charge in [0.1, 0.15) is 11.6 Å². The second-order valence-electron chi connectivity index (χ2n) is 3.95. The van der Waals surface area contributed by atoms with Crippen LogP contribution in [-0.2, 0) is 4.79 Å². The highest BCUT2D eigenvalue weighted by Crippen LogP contribution is 2.22. The molecule has 1 rings (SSSR count). The summed E-state index contributed by atoms with van der Waals surface area (Å²) in [6, 6.07) is 9.45. The molecule has 1 amide bonds. The van der Waals surface area contributed by atoms with Gasteiger partial charge in [0.25, 0.3) is 5.91 Å². The van der Waals surface area contributed by atoms with E-state index < -0.39 is 5.91 Å². The first-order chi connectivity index (χ1) is 8.99. The second-order valence-corrected chi connectivity index (χ2v) is 4.77. The van der Waals surface area contributed by atoms with Gasteiger partial charge in [-0.15, -0.1) is 11.8 Å². The Morgan fingerprint density at radius 2 is 1.95 bits per heavy atom. The molecule has 1 aromatic carbocycles. The number of carbonyl (C=O) groups is 1. The van der Waals surface area contributed by atoms with Crippen LogP contribution < -0.4 is 16.0 Å². The topological polar surface area (TPSA) is 82.2 Å². The summed E-state index contributed by atoms with van der Waals surface area (Å²) in [7, 11) is 3.91. The smallest absolute Gasteiger partial charge is 0.262 e. The van der Waals surface area contributed by atoms with Crippen LogP contribution in [-0.4, -0.2) is 26.3 Å². The van der Waals surface area contributed by atoms with Gasteiger partial charge in [0.15, 0.2) is 0 Å². The van der Waals surface area contributed by atoms with Crippen LogP contribution in [0.15, 0.2) is 34.9 Å². The average molecular weight is 276 g/mol. The van der Waals surface area contributed by atoms with Gasteiger partial charge in [-0.25, -0.2) is 0 Å². The van der Waals surface area contributed by atoms with E-state index in [1.807, 2.05) is 49.3 Å². The highest BCUT2D eigenvalue weighted by molar-refractivity contribution is 8.02. The largest absolute Gasteiger partial charge is 0.378 e. The van der Waals surface area contributed by atoms with Crippen molar-refractivity contribution in [1.29, 1.82) is 5.26 Å². The van der Waals surface area contributed by atoms with Gasteiger partial charge in [0.2, 0.25) is 0 Å². The zero-order chi connectivity index (χ0) is 14.4. The van der Waals surface area contributed by atoms with Gasteiger partial charge in [-0.05, 0) is 30.5 Å². The number of hydrogen-bond acceptors (Lipinski definition) is 5. The zero-order valence-corrected chi connectivity index (χ0v) is 11.9. The summed E-state index contributed by atoms with van der Waals surface area (Å²) in [5.74, 6) is -0.732. The fourth-order valence-electron chi connectivity index (χ4n) is 1.41. The summed E-state index contributed by atoms with van der Waals surface area (Å²) in [5, 5.41) is 12.4. The van der Waals surface area contributed by atoms with Crippen LogP contribution in [0, 0.1) is 11.3 Å². The van der Waals surface area contributed by atoms with Crippen LogP contribution in [0.1, 0.15) is 0 Å². The molecule has 0 spiro atoms. The van der Waals surface area contributed by atoms with Crippen molar-refractivity contribution in [3.63, 3.8) is 0 Å². The Morgan fingerprint density at radius 1 is 1.37 bits per heavy atom. The van der Waals surface area contributed by atoms with Crippen LogP contribution in [0.3, 0.4) is 0 Å². The number of nitrogens with two attached hydrogens (primary N) is 1. The number of carbonyl (C=O) groups excluding carboxylic acids is 1. The molecule has 0 aliphatic carbocycles. The first-order valence-corrected chi connectivity index (χ1v) is 6.74. The molecule has 0 aliphatic rings. The Kier molecular flexibility index (Phi) is 5.27. The van der Waals surface area contributed by atoms with Crippen LogP contribution in [0.4, 0.5) is 11.4 Å². The molecule has 0 aliphatic heterocycles. The van der Waals surface area contributed by atoms with Crippen molar-refractivity contribution in [3.8, 4) is 6.07 Å². The maximum absolute atomic E-state index is 11.1. The maximum Gasteiger partial charge on any atom is 0.262 e. The Morgan fingerprint density at radius 3 is 2.32 bits per heavy atom. The number of thioether (sulfide) groups is 1. The third kappa shape index (κ3) is 3.93. The SMILES string of the molecule is CS/C(Nc1ccc(N(C)C)cc1)=C(\C#N)C(N)=O. The lowest BCUT2D eigenvalue weighted by Gasteiger charge is -2.14. The van der Waals surface area contributed by atoms with E-state index in [1.165, 1.54) is 11.8 Å². The number of nitrogens with one attached hydrogen (secondary N) is 1. The maximum atomic E-state index is 11.1. The van der Waals surface area contributed by atoms with Gasteiger partial charge in [0.05, 0.1) is 5.03 Å². The molecule has 100 valence electrons. The van der Waals surface area contributed by atoms with Crippen molar-refractivity contribution < 1.29 is 4.79 Å². The number of amides is 1. The van der Waals surface area contributed by atoms with Gasteiger partial charge in [0, 0.05) is 25.5 Å². The standard InChI is InChI=1S/C13H16N4OS/c1-17(2)10-6-4-9(5-7-10)16-13(19-3)11(8-14)12(15)18/h4-7,16H,1-3H3,(H2,15,18)/b13-11+. The number of nitriles is 1. The number of primary amides is 1. The Hall–Kier alpha value is -2.13. The molecule has 19 heavy (non-hydrogen) atoms. The number of hydrogen-bond donors (Lipinski definition) is 2. The van der Waals surface area contributed by atoms with Gasteiger partial charge in [-0.2, -0.15) is 5.26 Å². The van der Waals surface area contributed by atoms with Crippen molar-refractivity contribution >= 4 is 29.0 Å². The summed E-state index contributed by atoms with van der Waals surface area (Å²) >= 11 is 1.27. The number of benzene rings is 1. The molecule has 0 fully saturated rings. The first kappa shape index (κ1) is 14.9. The van der Waals surface area contributed by atoms with Crippen LogP contribution in [0.5, 0.6) is 0 Å². The van der Waals surface area contributed by atoms with Gasteiger partial charge in [-0.1, -0.05) is 0 Å². The molecule has 0 aromatic heterocycles. The van der Waals surface area contributed by atoms with E-state index in [4.69, 9.17) is 11.0 Å². The highest BCUT2D eigenvalue weighted by atomic mass is 32.2. The predicted octanol–water partition coefficient (Wildman–Crippen LogP) is 1.75. The quantitative estimate of drug-likeness (QED) is 0.632. The molecule has 0 atom stereocenters. The van der Waals surface area contributed by atoms with E-state index in [1.54, 1.807) is 6.26 Å². The van der Waals surface area contributed by atoms with Crippen LogP contribution >= 0.6 is 11.8 Å². The minimum Gasteiger partial charge on any atom is -0.378 e. The summed E-state index contributed by atoms with van der Waals surface area (Å²) in [4.78, 5) is 13.1. The summed E-state index contributed by atoms with van der Waals surface area (Å²) in [6.45, 7) is 0. The molecule has 0 radical (unpaired) electrons. The molecule has 0 unspecified atom stereocenters. The molecule has 6 heteroatoms. The predicted molar refractivity (Wildman–Crippen MR) is 79.7 cm³/mol. The normalized spacial score (nSPS) is 11.3. The Bertz CT molecular complexity index is 529. The molecular weight excluding hydrogens is 260 g/mol. The van der Waals surface area contributed by atoms with Gasteiger partial charge in [-0.3, -0.25) is 4.79 Å². The fourth-order valence-corrected chi connectivity index (χ4v) is 1.98. The molecule has 3 N–H and O–H groups in total. The van der Waals surface area contributed by atoms with Crippen molar-refractivity contribution in [2.75, 3.05) is 30.6 Å². The summed E-state index contributed by atoms with van der Waals surface area (Å²) < 4.78 is 0. The molecule has 0 saturated heterocycles. The van der Waals surface area contributed by atoms with E-state index in [9.17, 15) is 4.79 Å². The number of rotatable bonds is 5. The number of anilines is 2. The summed E-state index contributed by atoms with van der Waals surface area (Å²) in [5.41, 5.74) is 6.96. The highest BCUT2D eigenvalue weighted by Gasteiger charge is 2.11. The molecule has 0 saturated carbocycles. The lowest BCUT2D eigenvalue weighted by molar-refractivity contribution is -0.114. The third-order valence-electron chi connectivity index (χ3n) is 2.43. The van der Waals surface area contributed by atoms with E-state index in [0.717, 1.165) is 11.4 Å². The monoisotopic (exact) mass is 276 g/mol. The van der Waals surface area contributed by atoms with Crippen LogP contribution in [0.2, 0.25) is 0 Å². The molecular formula is C13H16N4OS. The minimum atomic E-state index is -0.732. The third-order valence-corrected chi connectivity index (χ3v) is 3.15. The van der Waals surface area contributed by atoms with E-state index in [2.05, 4.69) is 5.32 Å². The van der Waals surface area contributed by atoms with E-state index in [0.29, 0.717) is 5.03 Å². The van der Waals surface area contributed by atoms with Crippen molar-refractivity contribution in [1.82, 2.24) is 0 Å². The zero-order valence-electron chi connectivity index (χ0n) is 11.1. The molecule has 0 heterocycles. The fraction of sp³-hybridized carbons (Fsp3) is 0.231. The van der Waals surface area contributed by atoms with Crippen molar-refractivity contribution in [3.05, 3.63) is 34.9 Å². The lowest BCUT2D eigenvalue weighted by atomic mass is 10.2. The Balaban J connectivity index is 3.00. The van der Waals surface area contributed by atoms with E-state index in [-0.39, 0.29) is 5.57 Å². The first-order valence-electron chi connectivity index (χ1n) is 5.52. The molecule has 5 nitrogen and oxygen atoms in total. The van der Waals surface area contributed by atoms with Crippen LogP contribution in [0.25, 0.3) is 0 Å². The van der Waals surface area contributed by atoms with E-state index >= 15 is 0 Å². The van der Waals surface area contributed by atoms with Crippen molar-refractivity contribution in [2.45, 2.75) is 0 Å². The second kappa shape index (κ2) is 6.71. The number of nitrogens with zero attached hydrogens (tertiary/aromatic N) is 2. The van der Waals surface area contributed by atoms with Gasteiger partial charge >= 0.3 is 0 Å². The Labute approximate surface area is 117 Å². The van der Waals surface area contributed by atoms with Gasteiger partial charge < -0.3 is 16.0 Å². The average Bonchev–Trinajstić information content (AvgIpc) is 2.38.